The fraction of sp³-hybridized carbons (Fsp3) is 0.912. The zero-order valence-corrected chi connectivity index (χ0v) is 32.4. The molecule has 2 fully saturated rings. The number of nitrogens with two attached hydrogens (primary N) is 1. The van der Waals surface area contributed by atoms with Crippen LogP contribution < -0.4 is 16.4 Å². The van der Waals surface area contributed by atoms with Gasteiger partial charge in [-0.3, -0.25) is 14.4 Å². The molecule has 2 aliphatic heterocycles. The maximum atomic E-state index is 11.4. The van der Waals surface area contributed by atoms with Crippen LogP contribution >= 0.6 is 0 Å². The highest BCUT2D eigenvalue weighted by Gasteiger charge is 2.37. The summed E-state index contributed by atoms with van der Waals surface area (Å²) < 4.78 is 53.0. The molecule has 0 saturated carbocycles. The Labute approximate surface area is 327 Å². The van der Waals surface area contributed by atoms with Gasteiger partial charge < -0.3 is 94.4 Å². The first-order chi connectivity index (χ1) is 26.9. The van der Waals surface area contributed by atoms with Crippen LogP contribution in [0.15, 0.2) is 0 Å². The summed E-state index contributed by atoms with van der Waals surface area (Å²) in [5.41, 5.74) is 5.03. The van der Waals surface area contributed by atoms with Gasteiger partial charge in [0.2, 0.25) is 17.7 Å². The van der Waals surface area contributed by atoms with Crippen molar-refractivity contribution >= 4 is 17.7 Å². The van der Waals surface area contributed by atoms with Crippen LogP contribution in [0.25, 0.3) is 0 Å². The third-order valence-electron chi connectivity index (χ3n) is 7.82. The molecule has 2 heterocycles. The number of rotatable bonds is 30. The number of ether oxygens (including phenoxy) is 10. The molecule has 9 atom stereocenters. The van der Waals surface area contributed by atoms with Gasteiger partial charge in [0.05, 0.1) is 105 Å². The van der Waals surface area contributed by atoms with Gasteiger partial charge in [0.1, 0.15) is 43.7 Å². The Balaban J connectivity index is 0.000000561. The van der Waals surface area contributed by atoms with Gasteiger partial charge in [0.15, 0.2) is 12.6 Å². The number of carbonyl (C=O) groups excluding carboxylic acids is 3. The van der Waals surface area contributed by atoms with Gasteiger partial charge in [-0.05, 0) is 13.3 Å². The Morgan fingerprint density at radius 3 is 1.39 bits per heavy atom. The molecule has 2 saturated heterocycles. The number of amides is 3. The van der Waals surface area contributed by atoms with Crippen molar-refractivity contribution in [3.05, 3.63) is 0 Å². The first kappa shape index (κ1) is 51.8. The summed E-state index contributed by atoms with van der Waals surface area (Å²) in [6.07, 6.45) is -6.25. The van der Waals surface area contributed by atoms with Crippen LogP contribution in [0.2, 0.25) is 0 Å². The molecule has 0 aromatic heterocycles. The van der Waals surface area contributed by atoms with E-state index in [1.165, 1.54) is 6.92 Å². The quantitative estimate of drug-likeness (QED) is 0.0308. The number of primary amides is 1. The van der Waals surface area contributed by atoms with Crippen LogP contribution in [0.5, 0.6) is 0 Å². The first-order valence-corrected chi connectivity index (χ1v) is 18.7. The van der Waals surface area contributed by atoms with Crippen molar-refractivity contribution in [2.45, 2.75) is 88.4 Å². The lowest BCUT2D eigenvalue weighted by Gasteiger charge is -2.35. The Kier molecular flexibility index (Phi) is 30.2. The molecular formula is C34H65N3O19. The lowest BCUT2D eigenvalue weighted by Crippen LogP contribution is -2.50. The molecule has 0 radical (unpaired) electrons. The van der Waals surface area contributed by atoms with E-state index in [1.54, 1.807) is 0 Å². The predicted octanol–water partition coefficient (Wildman–Crippen LogP) is -4.72. The van der Waals surface area contributed by atoms with Crippen molar-refractivity contribution in [2.24, 2.45) is 5.73 Å². The molecule has 2 aliphatic rings. The van der Waals surface area contributed by atoms with E-state index in [9.17, 15) is 34.8 Å². The second kappa shape index (κ2) is 32.7. The molecule has 0 aromatic carbocycles. The summed E-state index contributed by atoms with van der Waals surface area (Å²) in [5, 5.41) is 61.8. The van der Waals surface area contributed by atoms with Crippen molar-refractivity contribution in [2.75, 3.05) is 112 Å². The third-order valence-corrected chi connectivity index (χ3v) is 7.82. The number of hydrogen-bond acceptors (Lipinski definition) is 19. The third kappa shape index (κ3) is 24.5. The van der Waals surface area contributed by atoms with E-state index in [-0.39, 0.29) is 71.6 Å². The largest absolute Gasteiger partial charge is 0.394 e. The molecule has 22 nitrogen and oxygen atoms in total. The van der Waals surface area contributed by atoms with Crippen LogP contribution in [-0.4, -0.2) is 216 Å². The number of carbonyl (C=O) groups is 3. The molecule has 3 amide bonds. The minimum atomic E-state index is -1.13. The van der Waals surface area contributed by atoms with E-state index >= 15 is 0 Å². The summed E-state index contributed by atoms with van der Waals surface area (Å²) in [6, 6.07) is -0.749. The normalized spacial score (nSPS) is 25.5. The topological polar surface area (TPSA) is 315 Å². The Hall–Kier alpha value is -2.23. The molecule has 2 rings (SSSR count). The molecule has 330 valence electrons. The van der Waals surface area contributed by atoms with E-state index in [4.69, 9.17) is 63.3 Å². The van der Waals surface area contributed by atoms with Gasteiger partial charge in [-0.2, -0.15) is 0 Å². The fourth-order valence-electron chi connectivity index (χ4n) is 4.70. The maximum Gasteiger partial charge on any atom is 0.246 e. The van der Waals surface area contributed by atoms with E-state index in [1.807, 2.05) is 6.92 Å². The Morgan fingerprint density at radius 1 is 0.643 bits per heavy atom. The minimum Gasteiger partial charge on any atom is -0.394 e. The van der Waals surface area contributed by atoms with Gasteiger partial charge in [-0.25, -0.2) is 0 Å². The summed E-state index contributed by atoms with van der Waals surface area (Å²) in [7, 11) is 0. The molecule has 9 unspecified atom stereocenters. The van der Waals surface area contributed by atoms with E-state index in [0.717, 1.165) is 6.42 Å². The summed E-state index contributed by atoms with van der Waals surface area (Å²) >= 11 is 0. The average Bonchev–Trinajstić information content (AvgIpc) is 3.17. The lowest BCUT2D eigenvalue weighted by atomic mass is 10.0. The molecule has 56 heavy (non-hydrogen) atoms. The Bertz CT molecular complexity index is 1020. The van der Waals surface area contributed by atoms with Crippen molar-refractivity contribution in [1.82, 2.24) is 10.6 Å². The van der Waals surface area contributed by atoms with E-state index in [0.29, 0.717) is 52.8 Å². The highest BCUT2D eigenvalue weighted by Crippen LogP contribution is 2.22. The van der Waals surface area contributed by atoms with Crippen LogP contribution in [0.1, 0.15) is 33.1 Å². The van der Waals surface area contributed by atoms with Crippen molar-refractivity contribution in [3.63, 3.8) is 0 Å². The summed E-state index contributed by atoms with van der Waals surface area (Å²) in [5.74, 6) is -1.19. The number of aliphatic hydroxyl groups is 6. The van der Waals surface area contributed by atoms with Gasteiger partial charge >= 0.3 is 0 Å². The minimum absolute atomic E-state index is 0.0311. The number of hydrogen-bond donors (Lipinski definition) is 9. The van der Waals surface area contributed by atoms with Crippen LogP contribution in [0.3, 0.4) is 0 Å². The van der Waals surface area contributed by atoms with Gasteiger partial charge in [0.25, 0.3) is 0 Å². The Morgan fingerprint density at radius 2 is 1.02 bits per heavy atom. The first-order valence-electron chi connectivity index (χ1n) is 18.7. The fourth-order valence-corrected chi connectivity index (χ4v) is 4.70. The molecule has 0 aliphatic carbocycles. The molecule has 10 N–H and O–H groups in total. The standard InChI is InChI=1S/C17H32N2O10.C17H33NO9/c1-11(17(18)24)19-14(22)10-27-5-4-25-2-3-26-6-7-28-15-8-12(21)16(23)13(9-20)29-15;1-2-3-18-15(21)12-25-7-6-23-4-5-24-8-9-26-16-10-13(20)17(22)14(11-19)27-16/h11-13,15-16,20-21,23H,2-10H2,1H3,(H2,18,24)(H,19,22);13-14,16-17,19-20,22H,2-12H2,1H3,(H,18,21). The molecule has 22 heteroatoms. The van der Waals surface area contributed by atoms with Gasteiger partial charge in [0, 0.05) is 19.4 Å². The highest BCUT2D eigenvalue weighted by atomic mass is 16.7. The summed E-state index contributed by atoms with van der Waals surface area (Å²) in [4.78, 5) is 33.5. The van der Waals surface area contributed by atoms with Crippen molar-refractivity contribution < 1.29 is 92.4 Å². The van der Waals surface area contributed by atoms with Crippen molar-refractivity contribution in [1.29, 1.82) is 0 Å². The highest BCUT2D eigenvalue weighted by molar-refractivity contribution is 5.86. The SMILES string of the molecule is CC(NC(=O)COCCOCCOCCOC1CC(O)C(O)C(CO)O1)C(N)=O.CCCNC(=O)COCCOCCOCCOC1CC(O)C(O)C(CO)O1. The summed E-state index contributed by atoms with van der Waals surface area (Å²) in [6.45, 7) is 6.83. The van der Waals surface area contributed by atoms with Gasteiger partial charge in [-0.15, -0.1) is 0 Å². The monoisotopic (exact) mass is 819 g/mol. The average molecular weight is 820 g/mol. The smallest absolute Gasteiger partial charge is 0.246 e. The molecule has 0 aromatic rings. The molecular weight excluding hydrogens is 754 g/mol. The van der Waals surface area contributed by atoms with Crippen LogP contribution in [-0.2, 0) is 61.8 Å². The van der Waals surface area contributed by atoms with E-state index < -0.39 is 73.7 Å². The number of nitrogens with one attached hydrogen (secondary N) is 2. The van der Waals surface area contributed by atoms with Gasteiger partial charge in [-0.1, -0.05) is 6.92 Å². The zero-order chi connectivity index (χ0) is 41.6. The van der Waals surface area contributed by atoms with Crippen molar-refractivity contribution in [3.8, 4) is 0 Å². The zero-order valence-electron chi connectivity index (χ0n) is 32.4. The van der Waals surface area contributed by atoms with Crippen LogP contribution in [0.4, 0.5) is 0 Å². The molecule has 0 bridgehead atoms. The van der Waals surface area contributed by atoms with Crippen LogP contribution in [0, 0.1) is 0 Å². The maximum absolute atomic E-state index is 11.4. The second-order valence-electron chi connectivity index (χ2n) is 12.5. The predicted molar refractivity (Wildman–Crippen MR) is 192 cm³/mol. The second-order valence-corrected chi connectivity index (χ2v) is 12.5. The number of aliphatic hydroxyl groups excluding tert-OH is 6. The van der Waals surface area contributed by atoms with E-state index in [2.05, 4.69) is 10.6 Å². The molecule has 0 spiro atoms. The lowest BCUT2D eigenvalue weighted by molar-refractivity contribution is -0.259.